The number of pyridine rings is 1. The van der Waals surface area contributed by atoms with Crippen molar-refractivity contribution >= 4 is 22.5 Å². The Hall–Kier alpha value is -1.02. The summed E-state index contributed by atoms with van der Waals surface area (Å²) in [7, 11) is 0. The Morgan fingerprint density at radius 2 is 2.33 bits per heavy atom. The van der Waals surface area contributed by atoms with Crippen LogP contribution in [-0.2, 0) is 6.42 Å². The van der Waals surface area contributed by atoms with Crippen LogP contribution in [0.1, 0.15) is 12.6 Å². The van der Waals surface area contributed by atoms with Gasteiger partial charge in [-0.3, -0.25) is 0 Å². The molecule has 2 nitrogen and oxygen atoms in total. The average molecular weight is 181 g/mol. The highest BCUT2D eigenvalue weighted by atomic mass is 35.5. The van der Waals surface area contributed by atoms with E-state index in [1.807, 2.05) is 6.07 Å². The van der Waals surface area contributed by atoms with E-state index in [-0.39, 0.29) is 0 Å². The number of hydrogen-bond donors (Lipinski definition) is 1. The minimum Gasteiger partial charge on any atom is -0.357 e. The molecule has 0 fully saturated rings. The first-order chi connectivity index (χ1) is 5.79. The molecule has 0 aromatic carbocycles. The molecule has 2 aromatic heterocycles. The van der Waals surface area contributed by atoms with Crippen molar-refractivity contribution in [1.82, 2.24) is 9.97 Å². The first kappa shape index (κ1) is 7.62. The lowest BCUT2D eigenvalue weighted by Gasteiger charge is -1.88. The van der Waals surface area contributed by atoms with Crippen LogP contribution in [0.3, 0.4) is 0 Å². The van der Waals surface area contributed by atoms with E-state index in [2.05, 4.69) is 23.0 Å². The summed E-state index contributed by atoms with van der Waals surface area (Å²) in [6.07, 6.45) is 2.77. The van der Waals surface area contributed by atoms with Crippen molar-refractivity contribution in [2.24, 2.45) is 0 Å². The zero-order valence-corrected chi connectivity index (χ0v) is 7.52. The van der Waals surface area contributed by atoms with E-state index in [4.69, 9.17) is 11.6 Å². The molecule has 62 valence electrons. The summed E-state index contributed by atoms with van der Waals surface area (Å²) in [6.45, 7) is 2.11. The fourth-order valence-corrected chi connectivity index (χ4v) is 1.42. The van der Waals surface area contributed by atoms with Gasteiger partial charge in [0.25, 0.3) is 0 Å². The summed E-state index contributed by atoms with van der Waals surface area (Å²) in [4.78, 5) is 7.24. The summed E-state index contributed by atoms with van der Waals surface area (Å²) in [6, 6.07) is 3.97. The van der Waals surface area contributed by atoms with Gasteiger partial charge in [-0.05, 0) is 18.6 Å². The number of fused-ring (bicyclic) bond motifs is 1. The van der Waals surface area contributed by atoms with Gasteiger partial charge in [0.1, 0.15) is 5.15 Å². The number of nitrogens with one attached hydrogen (secondary N) is 1. The molecule has 0 aliphatic heterocycles. The smallest absolute Gasteiger partial charge is 0.129 e. The number of H-pyrrole nitrogens is 1. The summed E-state index contributed by atoms with van der Waals surface area (Å²) in [5, 5.41) is 1.68. The van der Waals surface area contributed by atoms with Gasteiger partial charge in [0, 0.05) is 11.1 Å². The minimum absolute atomic E-state index is 0.546. The van der Waals surface area contributed by atoms with E-state index >= 15 is 0 Å². The SMILES string of the molecule is CCc1cc2cc(Cl)ncc2[nH]1. The maximum atomic E-state index is 5.75. The zero-order chi connectivity index (χ0) is 8.55. The predicted molar refractivity (Wildman–Crippen MR) is 50.5 cm³/mol. The Labute approximate surface area is 75.6 Å². The molecule has 0 spiro atoms. The van der Waals surface area contributed by atoms with E-state index in [0.29, 0.717) is 5.15 Å². The Bertz CT molecular complexity index is 406. The number of aromatic amines is 1. The van der Waals surface area contributed by atoms with Gasteiger partial charge in [-0.15, -0.1) is 0 Å². The van der Waals surface area contributed by atoms with Crippen molar-refractivity contribution in [3.63, 3.8) is 0 Å². The van der Waals surface area contributed by atoms with Crippen molar-refractivity contribution in [1.29, 1.82) is 0 Å². The highest BCUT2D eigenvalue weighted by Gasteiger charge is 1.99. The van der Waals surface area contributed by atoms with Crippen LogP contribution >= 0.6 is 11.6 Å². The molecule has 0 unspecified atom stereocenters. The molecule has 2 rings (SSSR count). The molecular formula is C9H9ClN2. The van der Waals surface area contributed by atoms with Gasteiger partial charge in [-0.25, -0.2) is 4.98 Å². The van der Waals surface area contributed by atoms with Crippen LogP contribution in [0.5, 0.6) is 0 Å². The van der Waals surface area contributed by atoms with Gasteiger partial charge in [0.15, 0.2) is 0 Å². The van der Waals surface area contributed by atoms with Gasteiger partial charge in [-0.2, -0.15) is 0 Å². The maximum absolute atomic E-state index is 5.75. The molecule has 1 N–H and O–H groups in total. The summed E-state index contributed by atoms with van der Waals surface area (Å²) >= 11 is 5.75. The normalized spacial score (nSPS) is 10.8. The van der Waals surface area contributed by atoms with Crippen molar-refractivity contribution < 1.29 is 0 Å². The molecule has 0 aliphatic rings. The Balaban J connectivity index is 2.67. The molecule has 0 saturated heterocycles. The summed E-state index contributed by atoms with van der Waals surface area (Å²) in [5.41, 5.74) is 2.27. The molecular weight excluding hydrogens is 172 g/mol. The van der Waals surface area contributed by atoms with Crippen LogP contribution in [0.15, 0.2) is 18.3 Å². The number of aryl methyl sites for hydroxylation is 1. The molecule has 12 heavy (non-hydrogen) atoms. The fourth-order valence-electron chi connectivity index (χ4n) is 1.26. The van der Waals surface area contributed by atoms with Crippen LogP contribution < -0.4 is 0 Å². The predicted octanol–water partition coefficient (Wildman–Crippen LogP) is 2.78. The third-order valence-corrected chi connectivity index (χ3v) is 2.12. The second kappa shape index (κ2) is 2.79. The average Bonchev–Trinajstić information content (AvgIpc) is 2.46. The number of nitrogens with zero attached hydrogens (tertiary/aromatic N) is 1. The molecule has 0 aliphatic carbocycles. The first-order valence-corrected chi connectivity index (χ1v) is 4.30. The topological polar surface area (TPSA) is 28.7 Å². The van der Waals surface area contributed by atoms with Crippen molar-refractivity contribution in [3.8, 4) is 0 Å². The van der Waals surface area contributed by atoms with E-state index in [1.165, 1.54) is 5.69 Å². The van der Waals surface area contributed by atoms with E-state index < -0.39 is 0 Å². The summed E-state index contributed by atoms with van der Waals surface area (Å²) in [5.74, 6) is 0. The second-order valence-electron chi connectivity index (χ2n) is 2.74. The lowest BCUT2D eigenvalue weighted by molar-refractivity contribution is 1.07. The molecule has 0 amide bonds. The highest BCUT2D eigenvalue weighted by Crippen LogP contribution is 2.17. The molecule has 0 saturated carbocycles. The van der Waals surface area contributed by atoms with Crippen molar-refractivity contribution in [2.45, 2.75) is 13.3 Å². The maximum Gasteiger partial charge on any atom is 0.129 e. The van der Waals surface area contributed by atoms with Crippen molar-refractivity contribution in [2.75, 3.05) is 0 Å². The van der Waals surface area contributed by atoms with Gasteiger partial charge >= 0.3 is 0 Å². The minimum atomic E-state index is 0.546. The largest absolute Gasteiger partial charge is 0.357 e. The summed E-state index contributed by atoms with van der Waals surface area (Å²) < 4.78 is 0. The molecule has 0 atom stereocenters. The van der Waals surface area contributed by atoms with E-state index in [1.54, 1.807) is 6.20 Å². The molecule has 2 aromatic rings. The molecule has 0 bridgehead atoms. The van der Waals surface area contributed by atoms with Gasteiger partial charge in [-0.1, -0.05) is 18.5 Å². The molecule has 0 radical (unpaired) electrons. The monoisotopic (exact) mass is 180 g/mol. The third kappa shape index (κ3) is 1.18. The number of hydrogen-bond acceptors (Lipinski definition) is 1. The molecule has 3 heteroatoms. The van der Waals surface area contributed by atoms with Crippen LogP contribution in [0, 0.1) is 0 Å². The number of halogens is 1. The van der Waals surface area contributed by atoms with Crippen LogP contribution in [-0.4, -0.2) is 9.97 Å². The highest BCUT2D eigenvalue weighted by molar-refractivity contribution is 6.30. The quantitative estimate of drug-likeness (QED) is 0.672. The third-order valence-electron chi connectivity index (χ3n) is 1.91. The van der Waals surface area contributed by atoms with Crippen molar-refractivity contribution in [3.05, 3.63) is 29.2 Å². The number of rotatable bonds is 1. The standard InChI is InChI=1S/C9H9ClN2/c1-2-7-3-6-4-9(10)11-5-8(6)12-7/h3-5,12H,2H2,1H3. The van der Waals surface area contributed by atoms with E-state index in [0.717, 1.165) is 17.3 Å². The molecule has 2 heterocycles. The Morgan fingerprint density at radius 1 is 1.50 bits per heavy atom. The Morgan fingerprint density at radius 3 is 3.08 bits per heavy atom. The van der Waals surface area contributed by atoms with Gasteiger partial charge in [0.2, 0.25) is 0 Å². The van der Waals surface area contributed by atoms with E-state index in [9.17, 15) is 0 Å². The lowest BCUT2D eigenvalue weighted by atomic mass is 10.3. The fraction of sp³-hybridized carbons (Fsp3) is 0.222. The second-order valence-corrected chi connectivity index (χ2v) is 3.13. The van der Waals surface area contributed by atoms with Crippen LogP contribution in [0.2, 0.25) is 5.15 Å². The van der Waals surface area contributed by atoms with Gasteiger partial charge < -0.3 is 4.98 Å². The van der Waals surface area contributed by atoms with Crippen LogP contribution in [0.4, 0.5) is 0 Å². The lowest BCUT2D eigenvalue weighted by Crippen LogP contribution is -1.76. The Kier molecular flexibility index (Phi) is 1.77. The van der Waals surface area contributed by atoms with Crippen LogP contribution in [0.25, 0.3) is 10.9 Å². The first-order valence-electron chi connectivity index (χ1n) is 3.92. The number of aromatic nitrogens is 2. The van der Waals surface area contributed by atoms with Gasteiger partial charge in [0.05, 0.1) is 11.7 Å². The zero-order valence-electron chi connectivity index (χ0n) is 6.76.